The minimum absolute atomic E-state index is 0.000599. The highest BCUT2D eigenvalue weighted by atomic mass is 16.5. The molecule has 0 aromatic heterocycles. The fraction of sp³-hybridized carbons (Fsp3) is 0.745. The molecule has 1 heterocycles. The van der Waals surface area contributed by atoms with Gasteiger partial charge in [0, 0.05) is 13.0 Å². The van der Waals surface area contributed by atoms with Crippen LogP contribution < -0.4 is 125 Å². The Morgan fingerprint density at radius 2 is 0.789 bits per heavy atom. The second kappa shape index (κ2) is 72.4. The molecule has 147 heavy (non-hydrogen) atoms. The van der Waals surface area contributed by atoms with Gasteiger partial charge in [-0.2, -0.15) is 0 Å². The molecule has 0 radical (unpaired) electrons. The molecule has 0 bridgehead atoms. The van der Waals surface area contributed by atoms with Gasteiger partial charge in [0.15, 0.2) is 0 Å². The third kappa shape index (κ3) is 53.2. The maximum atomic E-state index is 15.0. The molecule has 0 saturated heterocycles. The van der Waals surface area contributed by atoms with Crippen LogP contribution in [0.25, 0.3) is 0 Å². The smallest absolute Gasteiger partial charge is 0.326 e. The Labute approximate surface area is 868 Å². The normalized spacial score (nSPS) is 19.4. The zero-order valence-electron chi connectivity index (χ0n) is 89.9. The van der Waals surface area contributed by atoms with E-state index < -0.39 is 221 Å². The maximum absolute atomic E-state index is 15.0. The van der Waals surface area contributed by atoms with E-state index >= 15 is 4.79 Å². The number of unbranched alkanes of at least 4 members (excludes halogenated alkanes) is 5. The fourth-order valence-corrected chi connectivity index (χ4v) is 16.1. The van der Waals surface area contributed by atoms with E-state index in [0.29, 0.717) is 122 Å². The van der Waals surface area contributed by atoms with Crippen molar-refractivity contribution < 1.29 is 106 Å². The van der Waals surface area contributed by atoms with Gasteiger partial charge < -0.3 is 144 Å². The van der Waals surface area contributed by atoms with Crippen LogP contribution in [0.3, 0.4) is 0 Å². The minimum Gasteiger partial charge on any atom is -0.480 e. The monoisotopic (exact) mass is 2080 g/mol. The van der Waals surface area contributed by atoms with Gasteiger partial charge in [0.2, 0.25) is 100 Å². The van der Waals surface area contributed by atoms with Gasteiger partial charge in [-0.15, -0.1) is 0 Å². The Hall–Kier alpha value is -10.9. The number of aliphatic carboxylic acids is 1. The highest BCUT2D eigenvalue weighted by Gasteiger charge is 2.44. The van der Waals surface area contributed by atoms with Crippen molar-refractivity contribution in [1.82, 2.24) is 90.4 Å². The number of ether oxygens (including phenoxy) is 3. The lowest BCUT2D eigenvalue weighted by Gasteiger charge is -2.33. The minimum atomic E-state index is -1.82. The number of carboxylic acid groups (broad SMARTS) is 1. The van der Waals surface area contributed by atoms with Crippen LogP contribution in [0.5, 0.6) is 0 Å². The number of hydrogen-bond donors (Lipinski definition) is 24. The highest BCUT2D eigenvalue weighted by molar-refractivity contribution is 6.02. The predicted molar refractivity (Wildman–Crippen MR) is 558 cm³/mol. The van der Waals surface area contributed by atoms with Crippen LogP contribution in [-0.2, 0) is 107 Å². The van der Waals surface area contributed by atoms with Gasteiger partial charge in [-0.1, -0.05) is 112 Å². The number of benzene rings is 1. The van der Waals surface area contributed by atoms with Gasteiger partial charge in [-0.05, 0) is 270 Å². The van der Waals surface area contributed by atoms with E-state index in [1.165, 1.54) is 41.5 Å². The SMILES string of the molecule is CC(C)C[C@H](NC(=O)[C@H](C)NC(=O)[C@]1(C)CCC/C=C/CCC[C@](C)(NC(=O)[C@H](C)NC(=O)[C@@H](NC(=O)[C@H](CC(C)C)NC(=O)[C@H](Cc2ccccc2)NC(=O)[C@H](CCCCN)NC(=O)[C@H](C)NC(=O)[C@H](CC(C)C)NC(=O)[C@H](CCCCN)NC(=O)[C@H](CCCCN)NC(=O)COCCOCCOCCN)C(C)C)C(=O)N[C@@H](C)C(=O)N[C@@H](CC(C)C)C(=O)N[C@@H](CCCCN)C(=O)N1)C(=O)N[C@@H](CCCCN)C(=O)O. The summed E-state index contributed by atoms with van der Waals surface area (Å²) >= 11 is 0. The number of nitrogens with two attached hydrogens (primary N) is 6. The third-order valence-corrected chi connectivity index (χ3v) is 24.7. The van der Waals surface area contributed by atoms with Gasteiger partial charge in [0.05, 0.1) is 33.0 Å². The second-order valence-electron chi connectivity index (χ2n) is 40.7. The molecule has 0 aliphatic carbocycles. The van der Waals surface area contributed by atoms with E-state index in [9.17, 15) is 86.6 Å². The van der Waals surface area contributed by atoms with Crippen LogP contribution >= 0.6 is 0 Å². The van der Waals surface area contributed by atoms with Gasteiger partial charge in [0.25, 0.3) is 0 Å². The van der Waals surface area contributed by atoms with Crippen molar-refractivity contribution in [3.05, 3.63) is 48.0 Å². The van der Waals surface area contributed by atoms with Crippen LogP contribution in [0.15, 0.2) is 42.5 Å². The van der Waals surface area contributed by atoms with E-state index in [1.54, 1.807) is 71.9 Å². The molecule has 0 unspecified atom stereocenters. The van der Waals surface area contributed by atoms with Crippen molar-refractivity contribution in [2.24, 2.45) is 64.0 Å². The third-order valence-electron chi connectivity index (χ3n) is 24.7. The van der Waals surface area contributed by atoms with Crippen molar-refractivity contribution in [3.63, 3.8) is 0 Å². The Balaban J connectivity index is 2.55. The molecule has 0 saturated carbocycles. The lowest BCUT2D eigenvalue weighted by molar-refractivity contribution is -0.142. The molecule has 0 spiro atoms. The Bertz CT molecular complexity index is 4270. The first-order chi connectivity index (χ1) is 69.5. The molecule has 17 amide bonds. The predicted octanol–water partition coefficient (Wildman–Crippen LogP) is -0.181. The molecule has 30 N–H and O–H groups in total. The number of allylic oxidation sites excluding steroid dienone is 2. The standard InChI is InChI=1S/C102H181N23O22/c1-62(2)56-77(120-90(133)74(40-26-33-47-105)115-88(131)72(38-24-31-45-103)113-82(126)61-147-55-54-146-53-52-145-51-50-108)91(134)109-67(11)84(127)114-73(39-25-32-46-104)89(132)122-81(60-71-36-22-21-23-37-71)94(137)121-80(59-65(7)8)95(138)123-83(66(9)10)97(140)110-70(14)87(130)124-101(15)43-29-19-17-18-20-30-44-102(16,100(144)112-69(13)86(129)119-79(58-64(5)6)93(136)117-76(98(141)142)42-28-35-49-107)125-96(139)75(41-27-34-48-106)116-92(135)78(57-63(3)4)118-85(128)68(12)111-99(101)143/h17-18,21-23,36-37,62-70,72-81,83H,19-20,24-35,38-61,103-108H2,1-16H3,(H,109,134)(H,110,140)(H,111,143)(H,112,144)(H,113,126)(H,114,127)(H,115,131)(H,116,135)(H,117,136)(H,118,128)(H,119,129)(H,120,133)(H,121,137)(H,122,132)(H,123,138)(H,124,130)(H,125,139)(H,141,142)/b18-17+/t67-,68-,69-,70-,72-,73-,74-,75-,76-,77-,78-,79-,80-,81-,83-,101-,102-/m0/s1. The summed E-state index contributed by atoms with van der Waals surface area (Å²) in [7, 11) is 0. The number of nitrogens with one attached hydrogen (secondary N) is 17. The number of rotatable bonds is 67. The Morgan fingerprint density at radius 3 is 1.27 bits per heavy atom. The largest absolute Gasteiger partial charge is 0.480 e. The molecule has 1 aliphatic rings. The van der Waals surface area contributed by atoms with Crippen LogP contribution in [-0.4, -0.2) is 292 Å². The molecule has 45 heteroatoms. The van der Waals surface area contributed by atoms with Crippen LogP contribution in [0.1, 0.15) is 277 Å². The van der Waals surface area contributed by atoms with Crippen molar-refractivity contribution in [3.8, 4) is 0 Å². The number of carboxylic acids is 1. The molecule has 17 atom stereocenters. The van der Waals surface area contributed by atoms with Crippen molar-refractivity contribution in [2.45, 2.75) is 379 Å². The van der Waals surface area contributed by atoms with Crippen LogP contribution in [0.2, 0.25) is 0 Å². The lowest BCUT2D eigenvalue weighted by atomic mass is 9.91. The maximum Gasteiger partial charge on any atom is 0.326 e. The zero-order chi connectivity index (χ0) is 110. The number of carbonyl (C=O) groups excluding carboxylic acids is 17. The summed E-state index contributed by atoms with van der Waals surface area (Å²) in [6.45, 7) is 28.7. The molecule has 1 aromatic carbocycles. The summed E-state index contributed by atoms with van der Waals surface area (Å²) in [5, 5.41) is 56.4. The molecular weight excluding hydrogens is 1900 g/mol. The summed E-state index contributed by atoms with van der Waals surface area (Å²) in [4.78, 5) is 258. The number of hydrogen-bond acceptors (Lipinski definition) is 27. The molecule has 2 rings (SSSR count). The first-order valence-corrected chi connectivity index (χ1v) is 52.6. The number of carbonyl (C=O) groups is 18. The van der Waals surface area contributed by atoms with Gasteiger partial charge in [-0.25, -0.2) is 4.79 Å². The molecule has 836 valence electrons. The first kappa shape index (κ1) is 132. The zero-order valence-corrected chi connectivity index (χ0v) is 89.9. The van der Waals surface area contributed by atoms with E-state index in [1.807, 2.05) is 39.8 Å². The Kier molecular flexibility index (Phi) is 65.1. The van der Waals surface area contributed by atoms with Gasteiger partial charge >= 0.3 is 5.97 Å². The molecule has 1 aromatic rings. The molecule has 45 nitrogen and oxygen atoms in total. The molecule has 0 fully saturated rings. The molecular formula is C102H181N23O22. The van der Waals surface area contributed by atoms with E-state index in [-0.39, 0.29) is 146 Å². The highest BCUT2D eigenvalue weighted by Crippen LogP contribution is 2.23. The summed E-state index contributed by atoms with van der Waals surface area (Å²) in [6, 6.07) is -11.0. The van der Waals surface area contributed by atoms with Crippen molar-refractivity contribution in [2.75, 3.05) is 78.9 Å². The fourth-order valence-electron chi connectivity index (χ4n) is 16.1. The van der Waals surface area contributed by atoms with E-state index in [2.05, 4.69) is 90.4 Å². The van der Waals surface area contributed by atoms with E-state index in [4.69, 9.17) is 48.6 Å². The van der Waals surface area contributed by atoms with Gasteiger partial charge in [0.1, 0.15) is 108 Å². The number of amides is 17. The quantitative estimate of drug-likeness (QED) is 0.0297. The summed E-state index contributed by atoms with van der Waals surface area (Å²) in [6.07, 6.45) is 9.37. The summed E-state index contributed by atoms with van der Waals surface area (Å²) in [5.74, 6) is -16.1. The topological polar surface area (TPSA) is 716 Å². The van der Waals surface area contributed by atoms with Crippen LogP contribution in [0.4, 0.5) is 0 Å². The Morgan fingerprint density at radius 1 is 0.395 bits per heavy atom. The van der Waals surface area contributed by atoms with Crippen LogP contribution in [0, 0.1) is 29.6 Å². The molecule has 1 aliphatic heterocycles. The van der Waals surface area contributed by atoms with Gasteiger partial charge in [-0.3, -0.25) is 81.5 Å². The van der Waals surface area contributed by atoms with Crippen molar-refractivity contribution >= 4 is 106 Å². The van der Waals surface area contributed by atoms with E-state index in [0.717, 1.165) is 0 Å². The second-order valence-corrected chi connectivity index (χ2v) is 40.7. The van der Waals surface area contributed by atoms with Crippen molar-refractivity contribution in [1.29, 1.82) is 0 Å². The first-order valence-electron chi connectivity index (χ1n) is 52.6. The average molecular weight is 2080 g/mol. The lowest BCUT2D eigenvalue weighted by Crippen LogP contribution is -2.64. The average Bonchev–Trinajstić information content (AvgIpc) is 1.18. The summed E-state index contributed by atoms with van der Waals surface area (Å²) < 4.78 is 16.2. The summed E-state index contributed by atoms with van der Waals surface area (Å²) in [5.41, 5.74) is 31.5.